The molecule has 0 aliphatic rings. The van der Waals surface area contributed by atoms with Crippen LogP contribution in [0.1, 0.15) is 46.4 Å². The van der Waals surface area contributed by atoms with E-state index >= 15 is 0 Å². The molecule has 3 N–H and O–H groups in total. The van der Waals surface area contributed by atoms with E-state index < -0.39 is 5.97 Å². The maximum Gasteiger partial charge on any atom is 0.335 e. The van der Waals surface area contributed by atoms with E-state index in [1.807, 2.05) is 18.2 Å². The van der Waals surface area contributed by atoms with Gasteiger partial charge in [0.1, 0.15) is 0 Å². The summed E-state index contributed by atoms with van der Waals surface area (Å²) in [4.78, 5) is 11.0. The van der Waals surface area contributed by atoms with Crippen LogP contribution in [-0.4, -0.2) is 11.1 Å². The van der Waals surface area contributed by atoms with E-state index in [4.69, 9.17) is 10.8 Å². The largest absolute Gasteiger partial charge is 0.478 e. The molecule has 0 amide bonds. The molecule has 0 radical (unpaired) electrons. The molecular weight excluding hydrogens is 250 g/mol. The molecule has 1 unspecified atom stereocenters. The highest BCUT2D eigenvalue weighted by atomic mass is 16.4. The smallest absolute Gasteiger partial charge is 0.335 e. The van der Waals surface area contributed by atoms with Gasteiger partial charge in [0.05, 0.1) is 11.6 Å². The van der Waals surface area contributed by atoms with E-state index in [0.29, 0.717) is 0 Å². The molecule has 3 nitrogen and oxygen atoms in total. The minimum absolute atomic E-state index is 0.264. The van der Waals surface area contributed by atoms with E-state index in [-0.39, 0.29) is 11.6 Å². The van der Waals surface area contributed by atoms with E-state index in [2.05, 4.69) is 19.1 Å². The van der Waals surface area contributed by atoms with Gasteiger partial charge in [-0.25, -0.2) is 4.79 Å². The van der Waals surface area contributed by atoms with Gasteiger partial charge in [-0.1, -0.05) is 49.7 Å². The molecule has 0 aliphatic heterocycles. The predicted molar refractivity (Wildman–Crippen MR) is 79.9 cm³/mol. The van der Waals surface area contributed by atoms with Gasteiger partial charge in [-0.3, -0.25) is 0 Å². The van der Waals surface area contributed by atoms with E-state index in [1.54, 1.807) is 18.2 Å². The molecule has 0 saturated heterocycles. The predicted octanol–water partition coefficient (Wildman–Crippen LogP) is 3.39. The van der Waals surface area contributed by atoms with Crippen LogP contribution in [0.3, 0.4) is 0 Å². The third-order valence-corrected chi connectivity index (χ3v) is 3.37. The lowest BCUT2D eigenvalue weighted by Crippen LogP contribution is -2.12. The maximum absolute atomic E-state index is 11.0. The highest BCUT2D eigenvalue weighted by Crippen LogP contribution is 2.21. The first-order chi connectivity index (χ1) is 9.61. The Kier molecular flexibility index (Phi) is 4.53. The van der Waals surface area contributed by atoms with Crippen LogP contribution >= 0.6 is 0 Å². The minimum atomic E-state index is -0.933. The quantitative estimate of drug-likeness (QED) is 0.874. The van der Waals surface area contributed by atoms with Crippen molar-refractivity contribution in [3.05, 3.63) is 70.8 Å². The van der Waals surface area contributed by atoms with E-state index in [1.165, 1.54) is 5.56 Å². The van der Waals surface area contributed by atoms with Crippen molar-refractivity contribution in [3.63, 3.8) is 0 Å². The first-order valence-electron chi connectivity index (χ1n) is 6.79. The van der Waals surface area contributed by atoms with Gasteiger partial charge < -0.3 is 10.8 Å². The Labute approximate surface area is 119 Å². The average Bonchev–Trinajstić information content (AvgIpc) is 2.48. The lowest BCUT2D eigenvalue weighted by atomic mass is 9.96. The van der Waals surface area contributed by atoms with E-state index in [0.717, 1.165) is 24.0 Å². The van der Waals surface area contributed by atoms with Crippen molar-refractivity contribution in [1.29, 1.82) is 0 Å². The number of aryl methyl sites for hydroxylation is 1. The van der Waals surface area contributed by atoms with Gasteiger partial charge in [-0.05, 0) is 35.2 Å². The molecule has 0 fully saturated rings. The van der Waals surface area contributed by atoms with Gasteiger partial charge in [-0.15, -0.1) is 0 Å². The van der Waals surface area contributed by atoms with Crippen molar-refractivity contribution in [1.82, 2.24) is 0 Å². The molecule has 20 heavy (non-hydrogen) atoms. The van der Waals surface area contributed by atoms with Crippen LogP contribution in [0.4, 0.5) is 0 Å². The lowest BCUT2D eigenvalue weighted by Gasteiger charge is -2.13. The van der Waals surface area contributed by atoms with Gasteiger partial charge in [-0.2, -0.15) is 0 Å². The molecule has 2 aromatic rings. The summed E-state index contributed by atoms with van der Waals surface area (Å²) in [7, 11) is 0. The fraction of sp³-hybridized carbons (Fsp3) is 0.235. The third kappa shape index (κ3) is 3.25. The highest BCUT2D eigenvalue weighted by Gasteiger charge is 2.11. The normalized spacial score (nSPS) is 12.1. The first kappa shape index (κ1) is 14.3. The molecule has 2 rings (SSSR count). The summed E-state index contributed by atoms with van der Waals surface area (Å²) in [6, 6.07) is 14.7. The number of hydrogen-bond donors (Lipinski definition) is 2. The van der Waals surface area contributed by atoms with Gasteiger partial charge in [0.25, 0.3) is 0 Å². The third-order valence-electron chi connectivity index (χ3n) is 3.37. The minimum Gasteiger partial charge on any atom is -0.478 e. The van der Waals surface area contributed by atoms with Gasteiger partial charge >= 0.3 is 5.97 Å². The fourth-order valence-corrected chi connectivity index (χ4v) is 2.24. The number of hydrogen-bond acceptors (Lipinski definition) is 2. The Morgan fingerprint density at radius 1 is 1.15 bits per heavy atom. The fourth-order valence-electron chi connectivity index (χ4n) is 2.24. The van der Waals surface area contributed by atoms with Crippen molar-refractivity contribution >= 4 is 5.97 Å². The summed E-state index contributed by atoms with van der Waals surface area (Å²) in [6.07, 6.45) is 2.18. The number of benzene rings is 2. The zero-order valence-electron chi connectivity index (χ0n) is 11.5. The Bertz CT molecular complexity index is 590. The number of nitrogens with two attached hydrogens (primary N) is 1. The zero-order valence-corrected chi connectivity index (χ0v) is 11.5. The summed E-state index contributed by atoms with van der Waals surface area (Å²) in [5.74, 6) is -0.933. The van der Waals surface area contributed by atoms with Crippen LogP contribution in [0.25, 0.3) is 0 Å². The highest BCUT2D eigenvalue weighted by molar-refractivity contribution is 5.87. The molecule has 0 bridgehead atoms. The van der Waals surface area contributed by atoms with Crippen LogP contribution in [-0.2, 0) is 6.42 Å². The van der Waals surface area contributed by atoms with Crippen LogP contribution in [0.5, 0.6) is 0 Å². The zero-order chi connectivity index (χ0) is 14.5. The van der Waals surface area contributed by atoms with Crippen molar-refractivity contribution in [2.24, 2.45) is 5.73 Å². The van der Waals surface area contributed by atoms with Gasteiger partial charge in [0.15, 0.2) is 0 Å². The molecular formula is C17H19NO2. The number of carbonyl (C=O) groups is 1. The van der Waals surface area contributed by atoms with Gasteiger partial charge in [0, 0.05) is 0 Å². The maximum atomic E-state index is 11.0. The van der Waals surface area contributed by atoms with Crippen LogP contribution in [0, 0.1) is 0 Å². The summed E-state index contributed by atoms with van der Waals surface area (Å²) < 4.78 is 0. The van der Waals surface area contributed by atoms with Crippen molar-refractivity contribution in [2.75, 3.05) is 0 Å². The van der Waals surface area contributed by atoms with Crippen LogP contribution in [0.15, 0.2) is 48.5 Å². The Hall–Kier alpha value is -2.13. The Morgan fingerprint density at radius 3 is 2.45 bits per heavy atom. The second kappa shape index (κ2) is 6.35. The number of rotatable bonds is 5. The topological polar surface area (TPSA) is 63.3 Å². The van der Waals surface area contributed by atoms with Crippen LogP contribution in [0.2, 0.25) is 0 Å². The standard InChI is InChI=1S/C17H19NO2/c1-2-4-12-7-9-13(10-8-12)16(18)14-5-3-6-15(11-14)17(19)20/h3,5-11,16H,2,4,18H2,1H3,(H,19,20). The summed E-state index contributed by atoms with van der Waals surface area (Å²) in [5, 5.41) is 9.02. The molecule has 0 aliphatic carbocycles. The second-order valence-electron chi connectivity index (χ2n) is 4.90. The molecule has 1 atom stereocenters. The molecule has 0 saturated carbocycles. The average molecular weight is 269 g/mol. The molecule has 0 heterocycles. The monoisotopic (exact) mass is 269 g/mol. The molecule has 0 spiro atoms. The lowest BCUT2D eigenvalue weighted by molar-refractivity contribution is 0.0696. The van der Waals surface area contributed by atoms with Crippen molar-refractivity contribution in [3.8, 4) is 0 Å². The summed E-state index contributed by atoms with van der Waals surface area (Å²) >= 11 is 0. The number of aromatic carboxylic acids is 1. The molecule has 3 heteroatoms. The van der Waals surface area contributed by atoms with Crippen molar-refractivity contribution in [2.45, 2.75) is 25.8 Å². The Morgan fingerprint density at radius 2 is 1.85 bits per heavy atom. The molecule has 0 aromatic heterocycles. The summed E-state index contributed by atoms with van der Waals surface area (Å²) in [5.41, 5.74) is 9.58. The van der Waals surface area contributed by atoms with E-state index in [9.17, 15) is 4.79 Å². The number of carboxylic acids is 1. The molecule has 2 aromatic carbocycles. The van der Waals surface area contributed by atoms with Crippen molar-refractivity contribution < 1.29 is 9.90 Å². The number of carboxylic acid groups (broad SMARTS) is 1. The van der Waals surface area contributed by atoms with Crippen LogP contribution < -0.4 is 5.73 Å². The summed E-state index contributed by atoms with van der Waals surface area (Å²) in [6.45, 7) is 2.15. The van der Waals surface area contributed by atoms with Gasteiger partial charge in [0.2, 0.25) is 0 Å². The molecule has 104 valence electrons. The first-order valence-corrected chi connectivity index (χ1v) is 6.79. The Balaban J connectivity index is 2.24. The SMILES string of the molecule is CCCc1ccc(C(N)c2cccc(C(=O)O)c2)cc1. The second-order valence-corrected chi connectivity index (χ2v) is 4.90.